The fourth-order valence-electron chi connectivity index (χ4n) is 2.39. The lowest BCUT2D eigenvalue weighted by Crippen LogP contribution is -1.99. The number of rotatable bonds is 2. The summed E-state index contributed by atoms with van der Waals surface area (Å²) >= 11 is 0. The highest BCUT2D eigenvalue weighted by Gasteiger charge is 2.44. The minimum Gasteiger partial charge on any atom is -0.481 e. The summed E-state index contributed by atoms with van der Waals surface area (Å²) in [6.07, 6.45) is 0.781. The van der Waals surface area contributed by atoms with E-state index < -0.39 is 5.97 Å². The summed E-state index contributed by atoms with van der Waals surface area (Å²) in [6.45, 7) is 0. The third-order valence-corrected chi connectivity index (χ3v) is 3.33. The van der Waals surface area contributed by atoms with E-state index in [9.17, 15) is 4.79 Å². The normalized spacial score (nSPS) is 23.2. The van der Waals surface area contributed by atoms with Gasteiger partial charge in [-0.3, -0.25) is 4.79 Å². The van der Waals surface area contributed by atoms with Crippen LogP contribution in [0.4, 0.5) is 0 Å². The number of carboxylic acids is 1. The first-order chi connectivity index (χ1) is 7.77. The van der Waals surface area contributed by atoms with E-state index in [1.54, 1.807) is 0 Å². The van der Waals surface area contributed by atoms with Crippen molar-refractivity contribution in [3.63, 3.8) is 0 Å². The number of aliphatic carboxylic acids is 1. The summed E-state index contributed by atoms with van der Waals surface area (Å²) in [5.74, 6) is -0.632. The Kier molecular flexibility index (Phi) is 1.96. The van der Waals surface area contributed by atoms with Gasteiger partial charge < -0.3 is 5.11 Å². The molecular formula is C14H12O2. The Morgan fingerprint density at radius 3 is 2.62 bits per heavy atom. The Labute approximate surface area is 93.5 Å². The van der Waals surface area contributed by atoms with E-state index in [1.807, 2.05) is 18.2 Å². The van der Waals surface area contributed by atoms with Crippen LogP contribution >= 0.6 is 0 Å². The molecule has 1 saturated carbocycles. The Morgan fingerprint density at radius 1 is 1.12 bits per heavy atom. The van der Waals surface area contributed by atoms with Crippen molar-refractivity contribution >= 4 is 16.7 Å². The molecule has 0 amide bonds. The first-order valence-corrected chi connectivity index (χ1v) is 5.48. The minimum atomic E-state index is -0.669. The van der Waals surface area contributed by atoms with Crippen molar-refractivity contribution < 1.29 is 9.90 Å². The zero-order valence-electron chi connectivity index (χ0n) is 8.76. The van der Waals surface area contributed by atoms with Gasteiger partial charge in [0.1, 0.15) is 0 Å². The molecule has 1 N–H and O–H groups in total. The van der Waals surface area contributed by atoms with Gasteiger partial charge in [0, 0.05) is 0 Å². The summed E-state index contributed by atoms with van der Waals surface area (Å²) in [6, 6.07) is 14.3. The number of benzene rings is 2. The van der Waals surface area contributed by atoms with Gasteiger partial charge >= 0.3 is 5.97 Å². The zero-order valence-corrected chi connectivity index (χ0v) is 8.76. The van der Waals surface area contributed by atoms with E-state index in [0.717, 1.165) is 6.42 Å². The molecule has 80 valence electrons. The van der Waals surface area contributed by atoms with Crippen molar-refractivity contribution in [2.45, 2.75) is 12.3 Å². The molecule has 0 saturated heterocycles. The van der Waals surface area contributed by atoms with Crippen LogP contribution in [0.5, 0.6) is 0 Å². The molecule has 0 bridgehead atoms. The number of carboxylic acid groups (broad SMARTS) is 1. The van der Waals surface area contributed by atoms with E-state index in [0.29, 0.717) is 0 Å². The molecule has 0 spiro atoms. The lowest BCUT2D eigenvalue weighted by Gasteiger charge is -2.04. The summed E-state index contributed by atoms with van der Waals surface area (Å²) in [7, 11) is 0. The van der Waals surface area contributed by atoms with Crippen LogP contribution in [0, 0.1) is 5.92 Å². The quantitative estimate of drug-likeness (QED) is 0.830. The van der Waals surface area contributed by atoms with Crippen molar-refractivity contribution in [2.75, 3.05) is 0 Å². The number of fused-ring (bicyclic) bond motifs is 1. The van der Waals surface area contributed by atoms with Crippen molar-refractivity contribution in [3.05, 3.63) is 48.0 Å². The Morgan fingerprint density at radius 2 is 1.88 bits per heavy atom. The highest BCUT2D eigenvalue weighted by Crippen LogP contribution is 2.49. The van der Waals surface area contributed by atoms with Crippen LogP contribution in [-0.4, -0.2) is 11.1 Å². The van der Waals surface area contributed by atoms with Crippen molar-refractivity contribution in [2.24, 2.45) is 5.92 Å². The molecule has 2 heteroatoms. The van der Waals surface area contributed by atoms with Gasteiger partial charge in [-0.1, -0.05) is 42.5 Å². The average molecular weight is 212 g/mol. The first-order valence-electron chi connectivity index (χ1n) is 5.48. The van der Waals surface area contributed by atoms with Crippen molar-refractivity contribution in [1.29, 1.82) is 0 Å². The number of hydrogen-bond acceptors (Lipinski definition) is 1. The molecule has 0 radical (unpaired) electrons. The van der Waals surface area contributed by atoms with E-state index >= 15 is 0 Å². The van der Waals surface area contributed by atoms with E-state index in [4.69, 9.17) is 5.11 Å². The van der Waals surface area contributed by atoms with Gasteiger partial charge in [-0.25, -0.2) is 0 Å². The topological polar surface area (TPSA) is 37.3 Å². The average Bonchev–Trinajstić information content (AvgIpc) is 3.08. The van der Waals surface area contributed by atoms with Crippen molar-refractivity contribution in [3.8, 4) is 0 Å². The lowest BCUT2D eigenvalue weighted by molar-refractivity contribution is -0.138. The standard InChI is InChI=1S/C14H12O2/c15-14(16)13-8-12(13)11-7-3-5-9-4-1-2-6-10(9)11/h1-7,12-13H,8H2,(H,15,16)/t12-,13+/m0/s1. The van der Waals surface area contributed by atoms with Gasteiger partial charge in [-0.05, 0) is 28.7 Å². The second-order valence-electron chi connectivity index (χ2n) is 4.36. The molecule has 1 aliphatic rings. The van der Waals surface area contributed by atoms with E-state index in [2.05, 4.69) is 24.3 Å². The molecule has 0 aromatic heterocycles. The fourth-order valence-corrected chi connectivity index (χ4v) is 2.39. The highest BCUT2D eigenvalue weighted by atomic mass is 16.4. The largest absolute Gasteiger partial charge is 0.481 e. The third-order valence-electron chi connectivity index (χ3n) is 3.33. The maximum Gasteiger partial charge on any atom is 0.307 e. The predicted molar refractivity (Wildman–Crippen MR) is 62.4 cm³/mol. The molecule has 2 atom stereocenters. The molecule has 2 nitrogen and oxygen atoms in total. The fraction of sp³-hybridized carbons (Fsp3) is 0.214. The molecule has 3 rings (SSSR count). The minimum absolute atomic E-state index is 0.175. The summed E-state index contributed by atoms with van der Waals surface area (Å²) in [5.41, 5.74) is 1.19. The third kappa shape index (κ3) is 1.38. The van der Waals surface area contributed by atoms with Crippen LogP contribution < -0.4 is 0 Å². The van der Waals surface area contributed by atoms with Crippen LogP contribution in [0.2, 0.25) is 0 Å². The van der Waals surface area contributed by atoms with Gasteiger partial charge in [0.15, 0.2) is 0 Å². The Balaban J connectivity index is 2.08. The van der Waals surface area contributed by atoms with Crippen LogP contribution in [0.25, 0.3) is 10.8 Å². The van der Waals surface area contributed by atoms with Crippen LogP contribution in [0.15, 0.2) is 42.5 Å². The van der Waals surface area contributed by atoms with Gasteiger partial charge in [0.25, 0.3) is 0 Å². The second-order valence-corrected chi connectivity index (χ2v) is 4.36. The van der Waals surface area contributed by atoms with E-state index in [1.165, 1.54) is 16.3 Å². The second kappa shape index (κ2) is 3.34. The summed E-state index contributed by atoms with van der Waals surface area (Å²) in [5, 5.41) is 11.3. The Bertz CT molecular complexity index is 554. The molecule has 16 heavy (non-hydrogen) atoms. The van der Waals surface area contributed by atoms with Crippen LogP contribution in [-0.2, 0) is 4.79 Å². The first kappa shape index (κ1) is 9.40. The number of carbonyl (C=O) groups is 1. The molecule has 0 unspecified atom stereocenters. The molecule has 1 aliphatic carbocycles. The van der Waals surface area contributed by atoms with Gasteiger partial charge in [0.05, 0.1) is 5.92 Å². The van der Waals surface area contributed by atoms with Gasteiger partial charge in [0.2, 0.25) is 0 Å². The monoisotopic (exact) mass is 212 g/mol. The predicted octanol–water partition coefficient (Wildman–Crippen LogP) is 3.03. The van der Waals surface area contributed by atoms with Crippen LogP contribution in [0.3, 0.4) is 0 Å². The SMILES string of the molecule is O=C(O)[C@@H]1C[C@H]1c1cccc2ccccc12. The summed E-state index contributed by atoms with van der Waals surface area (Å²) < 4.78 is 0. The maximum atomic E-state index is 10.9. The zero-order chi connectivity index (χ0) is 11.1. The molecular weight excluding hydrogens is 200 g/mol. The van der Waals surface area contributed by atoms with E-state index in [-0.39, 0.29) is 11.8 Å². The smallest absolute Gasteiger partial charge is 0.307 e. The molecule has 1 fully saturated rings. The van der Waals surface area contributed by atoms with Crippen molar-refractivity contribution in [1.82, 2.24) is 0 Å². The van der Waals surface area contributed by atoms with Gasteiger partial charge in [-0.15, -0.1) is 0 Å². The lowest BCUT2D eigenvalue weighted by atomic mass is 10.0. The molecule has 2 aromatic carbocycles. The van der Waals surface area contributed by atoms with Gasteiger partial charge in [-0.2, -0.15) is 0 Å². The Hall–Kier alpha value is -1.83. The highest BCUT2D eigenvalue weighted by molar-refractivity contribution is 5.88. The number of hydrogen-bond donors (Lipinski definition) is 1. The maximum absolute atomic E-state index is 10.9. The van der Waals surface area contributed by atoms with Crippen LogP contribution in [0.1, 0.15) is 17.9 Å². The molecule has 2 aromatic rings. The summed E-state index contributed by atoms with van der Waals surface area (Å²) in [4.78, 5) is 10.9. The molecule has 0 heterocycles. The molecule has 0 aliphatic heterocycles.